The van der Waals surface area contributed by atoms with E-state index < -0.39 is 0 Å². The van der Waals surface area contributed by atoms with Crippen LogP contribution in [0.15, 0.2) is 54.6 Å². The minimum atomic E-state index is 0.253. The number of aromatic hydroxyl groups is 1. The first-order chi connectivity index (χ1) is 10.1. The minimum Gasteiger partial charge on any atom is -0.508 e. The molecule has 0 aliphatic carbocycles. The van der Waals surface area contributed by atoms with Crippen molar-refractivity contribution in [3.05, 3.63) is 66.0 Å². The van der Waals surface area contributed by atoms with E-state index in [2.05, 4.69) is 41.2 Å². The maximum Gasteiger partial charge on any atom is 0.126 e. The number of aryl methyl sites for hydroxylation is 2. The highest BCUT2D eigenvalue weighted by molar-refractivity contribution is 5.68. The van der Waals surface area contributed by atoms with E-state index in [1.54, 1.807) is 12.1 Å². The van der Waals surface area contributed by atoms with Crippen LogP contribution in [0.4, 0.5) is 0 Å². The first-order valence-corrected chi connectivity index (χ1v) is 6.84. The molecule has 0 fully saturated rings. The Kier molecular flexibility index (Phi) is 3.40. The molecule has 0 amide bonds. The lowest BCUT2D eigenvalue weighted by Crippen LogP contribution is -1.94. The first-order valence-electron chi connectivity index (χ1n) is 6.84. The van der Waals surface area contributed by atoms with Crippen molar-refractivity contribution in [1.29, 1.82) is 0 Å². The zero-order chi connectivity index (χ0) is 14.8. The predicted molar refractivity (Wildman–Crippen MR) is 84.0 cm³/mol. The van der Waals surface area contributed by atoms with Crippen molar-refractivity contribution in [2.75, 3.05) is 0 Å². The molecule has 0 saturated heterocycles. The largest absolute Gasteiger partial charge is 0.508 e. The zero-order valence-corrected chi connectivity index (χ0v) is 12.0. The first kappa shape index (κ1) is 13.3. The van der Waals surface area contributed by atoms with Gasteiger partial charge in [-0.05, 0) is 44.2 Å². The highest BCUT2D eigenvalue weighted by Crippen LogP contribution is 2.25. The third-order valence-electron chi connectivity index (χ3n) is 3.35. The van der Waals surface area contributed by atoms with E-state index in [1.807, 2.05) is 25.1 Å². The molecule has 2 aromatic carbocycles. The second-order valence-electron chi connectivity index (χ2n) is 5.10. The Morgan fingerprint density at radius 1 is 0.714 bits per heavy atom. The van der Waals surface area contributed by atoms with Gasteiger partial charge in [-0.2, -0.15) is 0 Å². The lowest BCUT2D eigenvalue weighted by atomic mass is 10.1. The van der Waals surface area contributed by atoms with Gasteiger partial charge < -0.3 is 5.11 Å². The summed E-state index contributed by atoms with van der Waals surface area (Å²) < 4.78 is 0. The Labute approximate surface area is 124 Å². The molecule has 0 aliphatic heterocycles. The predicted octanol–water partition coefficient (Wildman–Crippen LogP) is 4.13. The average Bonchev–Trinajstić information content (AvgIpc) is 2.48. The normalized spacial score (nSPS) is 10.6. The van der Waals surface area contributed by atoms with Crippen LogP contribution in [0.2, 0.25) is 0 Å². The van der Waals surface area contributed by atoms with Crippen LogP contribution in [0.25, 0.3) is 22.5 Å². The molecule has 3 nitrogen and oxygen atoms in total. The number of phenols is 1. The average molecular weight is 276 g/mol. The van der Waals surface area contributed by atoms with Crippen LogP contribution >= 0.6 is 0 Å². The molecule has 1 heterocycles. The van der Waals surface area contributed by atoms with Gasteiger partial charge in [0.1, 0.15) is 11.6 Å². The Morgan fingerprint density at radius 2 is 1.19 bits per heavy atom. The molecule has 21 heavy (non-hydrogen) atoms. The van der Waals surface area contributed by atoms with E-state index in [0.29, 0.717) is 0 Å². The number of hydrogen-bond donors (Lipinski definition) is 1. The molecule has 0 bridgehead atoms. The Hall–Kier alpha value is -2.68. The van der Waals surface area contributed by atoms with Gasteiger partial charge in [0.15, 0.2) is 0 Å². The number of rotatable bonds is 2. The molecule has 0 atom stereocenters. The van der Waals surface area contributed by atoms with Gasteiger partial charge in [-0.25, -0.2) is 9.97 Å². The highest BCUT2D eigenvalue weighted by atomic mass is 16.3. The van der Waals surface area contributed by atoms with Crippen LogP contribution in [0, 0.1) is 13.8 Å². The third-order valence-corrected chi connectivity index (χ3v) is 3.35. The van der Waals surface area contributed by atoms with E-state index in [9.17, 15) is 5.11 Å². The van der Waals surface area contributed by atoms with E-state index in [1.165, 1.54) is 5.56 Å². The molecular weight excluding hydrogens is 260 g/mol. The molecular formula is C18H16N2O. The Morgan fingerprint density at radius 3 is 1.71 bits per heavy atom. The second kappa shape index (κ2) is 5.37. The summed E-state index contributed by atoms with van der Waals surface area (Å²) in [5.74, 6) is 0.986. The molecule has 0 spiro atoms. The summed E-state index contributed by atoms with van der Waals surface area (Å²) in [4.78, 5) is 9.00. The lowest BCUT2D eigenvalue weighted by Gasteiger charge is -2.07. The van der Waals surface area contributed by atoms with Crippen molar-refractivity contribution in [1.82, 2.24) is 9.97 Å². The molecule has 0 radical (unpaired) electrons. The van der Waals surface area contributed by atoms with Gasteiger partial charge in [0, 0.05) is 11.1 Å². The molecule has 3 aromatic rings. The summed E-state index contributed by atoms with van der Waals surface area (Å²) in [5.41, 5.74) is 5.03. The molecule has 0 saturated carbocycles. The lowest BCUT2D eigenvalue weighted by molar-refractivity contribution is 0.475. The molecule has 1 aromatic heterocycles. The second-order valence-corrected chi connectivity index (χ2v) is 5.10. The summed E-state index contributed by atoms with van der Waals surface area (Å²) in [6.45, 7) is 3.96. The van der Waals surface area contributed by atoms with Gasteiger partial charge in [-0.15, -0.1) is 0 Å². The molecule has 0 unspecified atom stereocenters. The zero-order valence-electron chi connectivity index (χ0n) is 12.0. The molecule has 1 N–H and O–H groups in total. The van der Waals surface area contributed by atoms with Crippen LogP contribution < -0.4 is 0 Å². The molecule has 3 heteroatoms. The summed E-state index contributed by atoms with van der Waals surface area (Å²) in [6.07, 6.45) is 0. The van der Waals surface area contributed by atoms with Gasteiger partial charge in [-0.3, -0.25) is 0 Å². The van der Waals surface area contributed by atoms with E-state index in [-0.39, 0.29) is 5.75 Å². The van der Waals surface area contributed by atoms with Crippen molar-refractivity contribution in [2.24, 2.45) is 0 Å². The maximum absolute atomic E-state index is 9.38. The van der Waals surface area contributed by atoms with Gasteiger partial charge in [0.2, 0.25) is 0 Å². The van der Waals surface area contributed by atoms with Crippen LogP contribution in [0.5, 0.6) is 5.75 Å². The van der Waals surface area contributed by atoms with Gasteiger partial charge in [0.25, 0.3) is 0 Å². The SMILES string of the molecule is Cc1ccc(-c2cc(-c3ccc(O)cc3)nc(C)n2)cc1. The quantitative estimate of drug-likeness (QED) is 0.765. The van der Waals surface area contributed by atoms with Gasteiger partial charge >= 0.3 is 0 Å². The number of nitrogens with zero attached hydrogens (tertiary/aromatic N) is 2. The van der Waals surface area contributed by atoms with Crippen LogP contribution in [0.3, 0.4) is 0 Å². The van der Waals surface area contributed by atoms with Crippen molar-refractivity contribution in [2.45, 2.75) is 13.8 Å². The fraction of sp³-hybridized carbons (Fsp3) is 0.111. The fourth-order valence-electron chi connectivity index (χ4n) is 2.22. The van der Waals surface area contributed by atoms with Crippen molar-refractivity contribution < 1.29 is 5.11 Å². The van der Waals surface area contributed by atoms with E-state index in [0.717, 1.165) is 28.3 Å². The van der Waals surface area contributed by atoms with Crippen LogP contribution in [-0.2, 0) is 0 Å². The number of aromatic nitrogens is 2. The summed E-state index contributed by atoms with van der Waals surface area (Å²) in [5, 5.41) is 9.38. The standard InChI is InChI=1S/C18H16N2O/c1-12-3-5-14(6-4-12)17-11-18(20-13(2)19-17)15-7-9-16(21)10-8-15/h3-11,21H,1-2H3. The van der Waals surface area contributed by atoms with Gasteiger partial charge in [0.05, 0.1) is 11.4 Å². The fourth-order valence-corrected chi connectivity index (χ4v) is 2.22. The van der Waals surface area contributed by atoms with Gasteiger partial charge in [-0.1, -0.05) is 29.8 Å². The van der Waals surface area contributed by atoms with Crippen LogP contribution in [0.1, 0.15) is 11.4 Å². The smallest absolute Gasteiger partial charge is 0.126 e. The van der Waals surface area contributed by atoms with Crippen molar-refractivity contribution in [3.8, 4) is 28.3 Å². The van der Waals surface area contributed by atoms with Crippen molar-refractivity contribution in [3.63, 3.8) is 0 Å². The van der Waals surface area contributed by atoms with E-state index in [4.69, 9.17) is 0 Å². The molecule has 0 aliphatic rings. The topological polar surface area (TPSA) is 46.0 Å². The minimum absolute atomic E-state index is 0.253. The monoisotopic (exact) mass is 276 g/mol. The Balaban J connectivity index is 2.07. The molecule has 104 valence electrons. The summed E-state index contributed by atoms with van der Waals surface area (Å²) in [7, 11) is 0. The summed E-state index contributed by atoms with van der Waals surface area (Å²) >= 11 is 0. The number of phenolic OH excluding ortho intramolecular Hbond substituents is 1. The number of hydrogen-bond acceptors (Lipinski definition) is 3. The third kappa shape index (κ3) is 2.92. The van der Waals surface area contributed by atoms with Crippen molar-refractivity contribution >= 4 is 0 Å². The number of benzene rings is 2. The highest BCUT2D eigenvalue weighted by Gasteiger charge is 2.06. The summed E-state index contributed by atoms with van der Waals surface area (Å²) in [6, 6.07) is 17.3. The molecule has 3 rings (SSSR count). The van der Waals surface area contributed by atoms with Crippen LogP contribution in [-0.4, -0.2) is 15.1 Å². The maximum atomic E-state index is 9.38. The van der Waals surface area contributed by atoms with E-state index >= 15 is 0 Å². The Bertz CT molecular complexity index is 698.